The first kappa shape index (κ1) is 17.2. The third-order valence-electron chi connectivity index (χ3n) is 5.49. The lowest BCUT2D eigenvalue weighted by Gasteiger charge is -2.38. The molecule has 0 saturated carbocycles. The molecule has 1 atom stereocenters. The first-order chi connectivity index (χ1) is 11.2. The average Bonchev–Trinajstić information content (AvgIpc) is 2.98. The van der Waals surface area contributed by atoms with Gasteiger partial charge in [-0.05, 0) is 50.9 Å². The highest BCUT2D eigenvalue weighted by Crippen LogP contribution is 2.41. The minimum atomic E-state index is -0.142. The fraction of sp³-hybridized carbons (Fsp3) is 0.833. The molecule has 3 heterocycles. The molecule has 1 saturated heterocycles. The SMILES string of the molecule is CC(C)(C)CC1CCN(C(=O)Nc2nc3n(n2)CCCC3)C1(C)C. The summed E-state index contributed by atoms with van der Waals surface area (Å²) in [5, 5.41) is 7.36. The van der Waals surface area contributed by atoms with Gasteiger partial charge in [0.15, 0.2) is 0 Å². The predicted molar refractivity (Wildman–Crippen MR) is 94.9 cm³/mol. The number of carbonyl (C=O) groups is 1. The van der Waals surface area contributed by atoms with Gasteiger partial charge in [0.05, 0.1) is 0 Å². The van der Waals surface area contributed by atoms with Gasteiger partial charge in [-0.1, -0.05) is 20.8 Å². The van der Waals surface area contributed by atoms with Crippen LogP contribution in [0.15, 0.2) is 0 Å². The van der Waals surface area contributed by atoms with Gasteiger partial charge in [-0.3, -0.25) is 5.32 Å². The quantitative estimate of drug-likeness (QED) is 0.898. The van der Waals surface area contributed by atoms with Crippen LogP contribution >= 0.6 is 0 Å². The van der Waals surface area contributed by atoms with Crippen LogP contribution in [0.5, 0.6) is 0 Å². The van der Waals surface area contributed by atoms with Crippen LogP contribution in [0.25, 0.3) is 0 Å². The van der Waals surface area contributed by atoms with E-state index in [4.69, 9.17) is 0 Å². The van der Waals surface area contributed by atoms with Gasteiger partial charge in [-0.2, -0.15) is 4.98 Å². The number of nitrogens with one attached hydrogen (secondary N) is 1. The van der Waals surface area contributed by atoms with Gasteiger partial charge in [0.1, 0.15) is 5.82 Å². The van der Waals surface area contributed by atoms with E-state index in [1.54, 1.807) is 0 Å². The van der Waals surface area contributed by atoms with Gasteiger partial charge in [-0.15, -0.1) is 5.10 Å². The topological polar surface area (TPSA) is 63.1 Å². The van der Waals surface area contributed by atoms with Gasteiger partial charge in [-0.25, -0.2) is 9.48 Å². The zero-order valence-corrected chi connectivity index (χ0v) is 15.7. The normalized spacial score (nSPS) is 23.2. The lowest BCUT2D eigenvalue weighted by atomic mass is 9.76. The summed E-state index contributed by atoms with van der Waals surface area (Å²) < 4.78 is 1.93. The number of hydrogen-bond acceptors (Lipinski definition) is 3. The summed E-state index contributed by atoms with van der Waals surface area (Å²) in [6, 6.07) is -0.0700. The number of amides is 2. The average molecular weight is 333 g/mol. The molecule has 0 bridgehead atoms. The van der Waals surface area contributed by atoms with E-state index in [0.29, 0.717) is 11.9 Å². The Bertz CT molecular complexity index is 590. The number of rotatable bonds is 2. The first-order valence-corrected chi connectivity index (χ1v) is 9.19. The second kappa shape index (κ2) is 6.05. The lowest BCUT2D eigenvalue weighted by Crippen LogP contribution is -2.48. The van der Waals surface area contributed by atoms with Crippen LogP contribution in [-0.2, 0) is 13.0 Å². The summed E-state index contributed by atoms with van der Waals surface area (Å²) in [5.41, 5.74) is 0.135. The van der Waals surface area contributed by atoms with Gasteiger partial charge in [0, 0.05) is 25.0 Å². The van der Waals surface area contributed by atoms with Gasteiger partial charge >= 0.3 is 6.03 Å². The maximum atomic E-state index is 12.8. The number of likely N-dealkylation sites (tertiary alicyclic amines) is 1. The number of nitrogens with zero attached hydrogens (tertiary/aromatic N) is 4. The highest BCUT2D eigenvalue weighted by atomic mass is 16.2. The number of hydrogen-bond donors (Lipinski definition) is 1. The molecule has 1 unspecified atom stereocenters. The van der Waals surface area contributed by atoms with Crippen LogP contribution < -0.4 is 5.32 Å². The third-order valence-corrected chi connectivity index (χ3v) is 5.49. The van der Waals surface area contributed by atoms with Crippen molar-refractivity contribution in [1.29, 1.82) is 0 Å². The summed E-state index contributed by atoms with van der Waals surface area (Å²) in [6.07, 6.45) is 5.43. The molecule has 6 nitrogen and oxygen atoms in total. The number of carbonyl (C=O) groups excluding carboxylic acids is 1. The second-order valence-corrected chi connectivity index (χ2v) is 9.02. The Kier molecular flexibility index (Phi) is 4.34. The fourth-order valence-corrected chi connectivity index (χ4v) is 4.10. The maximum absolute atomic E-state index is 12.8. The number of aryl methyl sites for hydroxylation is 2. The summed E-state index contributed by atoms with van der Waals surface area (Å²) in [4.78, 5) is 19.2. The Hall–Kier alpha value is -1.59. The highest BCUT2D eigenvalue weighted by Gasteiger charge is 2.45. The molecular formula is C18H31N5O. The highest BCUT2D eigenvalue weighted by molar-refractivity contribution is 5.88. The van der Waals surface area contributed by atoms with Gasteiger partial charge in [0.25, 0.3) is 0 Å². The Labute approximate surface area is 145 Å². The first-order valence-electron chi connectivity index (χ1n) is 9.19. The molecule has 1 aromatic rings. The molecule has 134 valence electrons. The Morgan fingerprint density at radius 2 is 2.04 bits per heavy atom. The van der Waals surface area contributed by atoms with Crippen molar-refractivity contribution in [1.82, 2.24) is 19.7 Å². The minimum Gasteiger partial charge on any atom is -0.319 e. The largest absolute Gasteiger partial charge is 0.324 e. The molecule has 1 aromatic heterocycles. The van der Waals surface area contributed by atoms with E-state index in [9.17, 15) is 4.79 Å². The molecule has 3 rings (SSSR count). The number of anilines is 1. The Morgan fingerprint density at radius 1 is 1.29 bits per heavy atom. The van der Waals surface area contributed by atoms with Crippen molar-refractivity contribution in [3.05, 3.63) is 5.82 Å². The van der Waals surface area contributed by atoms with E-state index >= 15 is 0 Å². The van der Waals surface area contributed by atoms with E-state index in [1.165, 1.54) is 0 Å². The second-order valence-electron chi connectivity index (χ2n) is 9.02. The van der Waals surface area contributed by atoms with Crippen molar-refractivity contribution < 1.29 is 4.79 Å². The molecule has 0 spiro atoms. The van der Waals surface area contributed by atoms with Crippen LogP contribution in [-0.4, -0.2) is 37.8 Å². The fourth-order valence-electron chi connectivity index (χ4n) is 4.10. The summed E-state index contributed by atoms with van der Waals surface area (Å²) in [7, 11) is 0. The molecule has 6 heteroatoms. The standard InChI is InChI=1S/C18H31N5O/c1-17(2,3)12-13-9-11-22(18(13,4)5)16(24)20-15-19-14-8-6-7-10-23(14)21-15/h13H,6-12H2,1-5H3,(H,20,21,24). The van der Waals surface area contributed by atoms with Crippen molar-refractivity contribution in [2.24, 2.45) is 11.3 Å². The zero-order valence-electron chi connectivity index (χ0n) is 15.7. The smallest absolute Gasteiger partial charge is 0.319 e. The van der Waals surface area contributed by atoms with E-state index < -0.39 is 0 Å². The Balaban J connectivity index is 1.68. The van der Waals surface area contributed by atoms with Crippen molar-refractivity contribution in [2.45, 2.75) is 78.8 Å². The molecule has 2 aliphatic rings. The van der Waals surface area contributed by atoms with Crippen LogP contribution in [0.4, 0.5) is 10.7 Å². The molecule has 0 radical (unpaired) electrons. The van der Waals surface area contributed by atoms with Crippen molar-refractivity contribution in [3.63, 3.8) is 0 Å². The van der Waals surface area contributed by atoms with Crippen molar-refractivity contribution in [3.8, 4) is 0 Å². The number of fused-ring (bicyclic) bond motifs is 1. The summed E-state index contributed by atoms with van der Waals surface area (Å²) in [6.45, 7) is 12.9. The minimum absolute atomic E-state index is 0.0700. The molecule has 1 fully saturated rings. The summed E-state index contributed by atoms with van der Waals surface area (Å²) >= 11 is 0. The van der Waals surface area contributed by atoms with E-state index in [-0.39, 0.29) is 17.0 Å². The number of urea groups is 1. The van der Waals surface area contributed by atoms with Crippen LogP contribution in [0.3, 0.4) is 0 Å². The molecule has 24 heavy (non-hydrogen) atoms. The molecule has 1 N–H and O–H groups in total. The van der Waals surface area contributed by atoms with Crippen LogP contribution in [0.1, 0.15) is 66.1 Å². The maximum Gasteiger partial charge on any atom is 0.324 e. The van der Waals surface area contributed by atoms with E-state index in [0.717, 1.165) is 51.0 Å². The summed E-state index contributed by atoms with van der Waals surface area (Å²) in [5.74, 6) is 1.96. The van der Waals surface area contributed by atoms with E-state index in [2.05, 4.69) is 50.0 Å². The lowest BCUT2D eigenvalue weighted by molar-refractivity contribution is 0.136. The van der Waals surface area contributed by atoms with Gasteiger partial charge < -0.3 is 4.90 Å². The zero-order chi connectivity index (χ0) is 17.5. The van der Waals surface area contributed by atoms with Crippen LogP contribution in [0, 0.1) is 11.3 Å². The van der Waals surface area contributed by atoms with Gasteiger partial charge in [0.2, 0.25) is 5.95 Å². The monoisotopic (exact) mass is 333 g/mol. The number of aromatic nitrogens is 3. The third kappa shape index (κ3) is 3.42. The predicted octanol–water partition coefficient (Wildman–Crippen LogP) is 3.68. The molecule has 2 aliphatic heterocycles. The van der Waals surface area contributed by atoms with E-state index in [1.807, 2.05) is 9.58 Å². The van der Waals surface area contributed by atoms with Crippen LogP contribution in [0.2, 0.25) is 0 Å². The molecule has 2 amide bonds. The van der Waals surface area contributed by atoms with Crippen molar-refractivity contribution >= 4 is 12.0 Å². The van der Waals surface area contributed by atoms with Crippen molar-refractivity contribution in [2.75, 3.05) is 11.9 Å². The molecular weight excluding hydrogens is 302 g/mol. The molecule has 0 aliphatic carbocycles. The molecule has 0 aromatic carbocycles. The Morgan fingerprint density at radius 3 is 2.71 bits per heavy atom.